The van der Waals surface area contributed by atoms with Crippen molar-refractivity contribution in [1.29, 1.82) is 0 Å². The normalized spacial score (nSPS) is 17.1. The van der Waals surface area contributed by atoms with E-state index in [0.717, 1.165) is 43.1 Å². The number of carbonyl (C=O) groups is 1. The first-order valence-electron chi connectivity index (χ1n) is 9.61. The van der Waals surface area contributed by atoms with Crippen LogP contribution in [0.2, 0.25) is 0 Å². The average Bonchev–Trinajstić information content (AvgIpc) is 3.14. The van der Waals surface area contributed by atoms with E-state index in [1.807, 2.05) is 12.1 Å². The molecule has 0 bridgehead atoms. The molecule has 3 rings (SSSR count). The Kier molecular flexibility index (Phi) is 6.04. The van der Waals surface area contributed by atoms with Crippen molar-refractivity contribution in [3.63, 3.8) is 0 Å². The summed E-state index contributed by atoms with van der Waals surface area (Å²) in [7, 11) is 3.29. The van der Waals surface area contributed by atoms with Gasteiger partial charge in [-0.3, -0.25) is 4.79 Å². The topological polar surface area (TPSA) is 65.4 Å². The molecule has 2 atom stereocenters. The summed E-state index contributed by atoms with van der Waals surface area (Å²) in [6.07, 6.45) is 4.61. The van der Waals surface area contributed by atoms with Gasteiger partial charge in [0.1, 0.15) is 11.5 Å². The Balaban J connectivity index is 1.78. The van der Waals surface area contributed by atoms with Gasteiger partial charge in [0, 0.05) is 25.4 Å². The van der Waals surface area contributed by atoms with Crippen LogP contribution in [-0.4, -0.2) is 36.2 Å². The lowest BCUT2D eigenvalue weighted by atomic mass is 9.91. The SMILES string of the molecule is CC[C@@H](C)CNC(=O)c1cnc2n1C[C@@H](c1ccc(OC)c(OC)c1)CC2. The summed E-state index contributed by atoms with van der Waals surface area (Å²) in [5.74, 6) is 3.19. The molecule has 1 N–H and O–H groups in total. The van der Waals surface area contributed by atoms with Gasteiger partial charge < -0.3 is 19.4 Å². The van der Waals surface area contributed by atoms with Crippen LogP contribution < -0.4 is 14.8 Å². The lowest BCUT2D eigenvalue weighted by molar-refractivity contribution is 0.0937. The molecule has 0 radical (unpaired) electrons. The number of imidazole rings is 1. The second-order valence-electron chi connectivity index (χ2n) is 7.24. The molecule has 0 saturated heterocycles. The minimum atomic E-state index is -0.0398. The van der Waals surface area contributed by atoms with E-state index >= 15 is 0 Å². The van der Waals surface area contributed by atoms with Crippen molar-refractivity contribution in [3.05, 3.63) is 41.5 Å². The number of rotatable bonds is 7. The highest BCUT2D eigenvalue weighted by atomic mass is 16.5. The average molecular weight is 371 g/mol. The minimum Gasteiger partial charge on any atom is -0.493 e. The Morgan fingerprint density at radius 1 is 1.33 bits per heavy atom. The zero-order chi connectivity index (χ0) is 19.4. The first-order chi connectivity index (χ1) is 13.1. The third-order valence-electron chi connectivity index (χ3n) is 5.48. The first-order valence-corrected chi connectivity index (χ1v) is 9.61. The number of aromatic nitrogens is 2. The number of nitrogens with zero attached hydrogens (tertiary/aromatic N) is 2. The van der Waals surface area contributed by atoms with E-state index in [2.05, 4.69) is 34.8 Å². The van der Waals surface area contributed by atoms with Gasteiger partial charge in [-0.05, 0) is 30.0 Å². The van der Waals surface area contributed by atoms with Gasteiger partial charge in [0.2, 0.25) is 0 Å². The van der Waals surface area contributed by atoms with Crippen LogP contribution in [0.25, 0.3) is 0 Å². The van der Waals surface area contributed by atoms with Crippen LogP contribution in [0.3, 0.4) is 0 Å². The molecule has 1 aromatic carbocycles. The summed E-state index contributed by atoms with van der Waals surface area (Å²) in [5, 5.41) is 3.04. The molecule has 0 spiro atoms. The van der Waals surface area contributed by atoms with Crippen molar-refractivity contribution in [2.45, 2.75) is 45.6 Å². The first kappa shape index (κ1) is 19.3. The number of nitrogens with one attached hydrogen (secondary N) is 1. The van der Waals surface area contributed by atoms with Crippen molar-refractivity contribution in [2.75, 3.05) is 20.8 Å². The number of methoxy groups -OCH3 is 2. The fourth-order valence-corrected chi connectivity index (χ4v) is 3.49. The molecule has 2 heterocycles. The standard InChI is InChI=1S/C21H29N3O3/c1-5-14(2)11-23-21(25)17-12-22-20-9-7-16(13-24(17)20)15-6-8-18(26-3)19(10-15)27-4/h6,8,10,12,14,16H,5,7,9,11,13H2,1-4H3,(H,23,25)/t14-,16+/m1/s1. The van der Waals surface area contributed by atoms with Crippen molar-refractivity contribution >= 4 is 5.91 Å². The Morgan fingerprint density at radius 2 is 2.11 bits per heavy atom. The van der Waals surface area contributed by atoms with Crippen LogP contribution in [0.15, 0.2) is 24.4 Å². The molecule has 1 aromatic heterocycles. The predicted molar refractivity (Wildman–Crippen MR) is 105 cm³/mol. The number of aryl methyl sites for hydroxylation is 1. The number of hydrogen-bond acceptors (Lipinski definition) is 4. The zero-order valence-electron chi connectivity index (χ0n) is 16.6. The Morgan fingerprint density at radius 3 is 2.81 bits per heavy atom. The summed E-state index contributed by atoms with van der Waals surface area (Å²) in [6.45, 7) is 5.70. The van der Waals surface area contributed by atoms with E-state index in [4.69, 9.17) is 9.47 Å². The van der Waals surface area contributed by atoms with Crippen molar-refractivity contribution in [2.24, 2.45) is 5.92 Å². The van der Waals surface area contributed by atoms with Crippen LogP contribution in [0.4, 0.5) is 0 Å². The molecule has 2 aromatic rings. The molecule has 27 heavy (non-hydrogen) atoms. The number of amides is 1. The smallest absolute Gasteiger partial charge is 0.269 e. The van der Waals surface area contributed by atoms with Gasteiger partial charge in [-0.25, -0.2) is 4.98 Å². The second kappa shape index (κ2) is 8.46. The summed E-state index contributed by atoms with van der Waals surface area (Å²) in [5.41, 5.74) is 1.84. The van der Waals surface area contributed by atoms with Gasteiger partial charge in [0.25, 0.3) is 5.91 Å². The molecule has 1 aliphatic rings. The van der Waals surface area contributed by atoms with Gasteiger partial charge >= 0.3 is 0 Å². The molecular formula is C21H29N3O3. The number of hydrogen-bond donors (Lipinski definition) is 1. The maximum atomic E-state index is 12.6. The van der Waals surface area contributed by atoms with Gasteiger partial charge in [-0.15, -0.1) is 0 Å². The molecule has 6 heteroatoms. The highest BCUT2D eigenvalue weighted by molar-refractivity contribution is 5.92. The largest absolute Gasteiger partial charge is 0.493 e. The van der Waals surface area contributed by atoms with Crippen LogP contribution in [0, 0.1) is 5.92 Å². The summed E-state index contributed by atoms with van der Waals surface area (Å²) in [6, 6.07) is 6.06. The Hall–Kier alpha value is -2.50. The summed E-state index contributed by atoms with van der Waals surface area (Å²) >= 11 is 0. The fourth-order valence-electron chi connectivity index (χ4n) is 3.49. The van der Waals surface area contributed by atoms with Crippen LogP contribution in [0.1, 0.15) is 54.5 Å². The number of ether oxygens (including phenoxy) is 2. The molecule has 1 amide bonds. The molecule has 0 aliphatic carbocycles. The summed E-state index contributed by atoms with van der Waals surface area (Å²) in [4.78, 5) is 17.1. The lowest BCUT2D eigenvalue weighted by Crippen LogP contribution is -2.31. The molecule has 0 fully saturated rings. The third kappa shape index (κ3) is 4.10. The quantitative estimate of drug-likeness (QED) is 0.810. The third-order valence-corrected chi connectivity index (χ3v) is 5.48. The van der Waals surface area contributed by atoms with E-state index in [9.17, 15) is 4.79 Å². The Labute approximate surface area is 160 Å². The highest BCUT2D eigenvalue weighted by Crippen LogP contribution is 2.35. The fraction of sp³-hybridized carbons (Fsp3) is 0.524. The van der Waals surface area contributed by atoms with E-state index in [1.165, 1.54) is 5.56 Å². The number of fused-ring (bicyclic) bond motifs is 1. The van der Waals surface area contributed by atoms with E-state index < -0.39 is 0 Å². The van der Waals surface area contributed by atoms with Gasteiger partial charge in [0.05, 0.1) is 20.4 Å². The summed E-state index contributed by atoms with van der Waals surface area (Å²) < 4.78 is 12.8. The van der Waals surface area contributed by atoms with Crippen LogP contribution in [0.5, 0.6) is 11.5 Å². The maximum Gasteiger partial charge on any atom is 0.269 e. The molecule has 0 saturated carbocycles. The van der Waals surface area contributed by atoms with E-state index in [-0.39, 0.29) is 5.91 Å². The second-order valence-corrected chi connectivity index (χ2v) is 7.24. The monoisotopic (exact) mass is 371 g/mol. The van der Waals surface area contributed by atoms with E-state index in [1.54, 1.807) is 20.4 Å². The minimum absolute atomic E-state index is 0.0398. The molecule has 6 nitrogen and oxygen atoms in total. The predicted octanol–water partition coefficient (Wildman–Crippen LogP) is 3.41. The van der Waals surface area contributed by atoms with Gasteiger partial charge in [-0.1, -0.05) is 26.3 Å². The zero-order valence-corrected chi connectivity index (χ0v) is 16.6. The molecular weight excluding hydrogens is 342 g/mol. The van der Waals surface area contributed by atoms with Crippen molar-refractivity contribution < 1.29 is 14.3 Å². The van der Waals surface area contributed by atoms with Crippen molar-refractivity contribution in [1.82, 2.24) is 14.9 Å². The van der Waals surface area contributed by atoms with Gasteiger partial charge in [0.15, 0.2) is 11.5 Å². The van der Waals surface area contributed by atoms with Crippen LogP contribution >= 0.6 is 0 Å². The molecule has 146 valence electrons. The molecule has 0 unspecified atom stereocenters. The lowest BCUT2D eigenvalue weighted by Gasteiger charge is -2.26. The molecule has 1 aliphatic heterocycles. The number of benzene rings is 1. The van der Waals surface area contributed by atoms with Crippen LogP contribution in [-0.2, 0) is 13.0 Å². The maximum absolute atomic E-state index is 12.6. The van der Waals surface area contributed by atoms with Crippen molar-refractivity contribution in [3.8, 4) is 11.5 Å². The highest BCUT2D eigenvalue weighted by Gasteiger charge is 2.26. The van der Waals surface area contributed by atoms with E-state index in [0.29, 0.717) is 24.1 Å². The van der Waals surface area contributed by atoms with Gasteiger partial charge in [-0.2, -0.15) is 0 Å². The number of carbonyl (C=O) groups excluding carboxylic acids is 1. The Bertz CT molecular complexity index is 800.